The number of nitrogens with one attached hydrogen (secondary N) is 5. The Morgan fingerprint density at radius 2 is 1.66 bits per heavy atom. The molecular weight excluding hydrogens is 602 g/mol. The highest BCUT2D eigenvalue weighted by atomic mass is 32.2. The molecule has 1 saturated heterocycles. The molecule has 44 heavy (non-hydrogen) atoms. The smallest absolute Gasteiger partial charge is 0.307 e. The van der Waals surface area contributed by atoms with E-state index in [1.165, 1.54) is 13.8 Å². The third kappa shape index (κ3) is 11.5. The average molecular weight is 642 g/mol. The van der Waals surface area contributed by atoms with Crippen LogP contribution in [-0.2, 0) is 50.0 Å². The standard InChI is InChI=1S/C27H39N5O11S/c1-14(2)21(30-19(34)12-17-8-6-5-7-9-17)26(38)29-18(13-44(40,41)42)24(36)32-23-16(4)43-20(35)10-11-28-25(37)22(15(3)33)31-27(23)39/h5-9,14-16,18,21-23,33H,10-13H2,1-4H3,(H,28,37)(H,29,38)(H,30,34)(H,31,39)(H,32,36)(H,40,41,42). The van der Waals surface area contributed by atoms with E-state index in [-0.39, 0.29) is 19.4 Å². The van der Waals surface area contributed by atoms with Crippen molar-refractivity contribution >= 4 is 45.6 Å². The molecule has 0 aliphatic carbocycles. The molecule has 5 amide bonds. The summed E-state index contributed by atoms with van der Waals surface area (Å²) < 4.78 is 38.3. The van der Waals surface area contributed by atoms with E-state index in [9.17, 15) is 46.8 Å². The van der Waals surface area contributed by atoms with Crippen LogP contribution in [0.3, 0.4) is 0 Å². The summed E-state index contributed by atoms with van der Waals surface area (Å²) in [6, 6.07) is 2.23. The number of benzene rings is 1. The monoisotopic (exact) mass is 641 g/mol. The lowest BCUT2D eigenvalue weighted by atomic mass is 10.0. The Bertz CT molecular complexity index is 1320. The van der Waals surface area contributed by atoms with E-state index in [4.69, 9.17) is 4.74 Å². The number of carbonyl (C=O) groups is 6. The largest absolute Gasteiger partial charge is 0.460 e. The molecule has 17 heteroatoms. The summed E-state index contributed by atoms with van der Waals surface area (Å²) in [4.78, 5) is 77.0. The molecule has 1 aromatic rings. The van der Waals surface area contributed by atoms with Gasteiger partial charge in [0.1, 0.15) is 36.0 Å². The Morgan fingerprint density at radius 3 is 2.23 bits per heavy atom. The van der Waals surface area contributed by atoms with Gasteiger partial charge in [0, 0.05) is 6.54 Å². The second-order valence-corrected chi connectivity index (χ2v) is 12.2. The minimum atomic E-state index is -4.89. The third-order valence-electron chi connectivity index (χ3n) is 6.54. The van der Waals surface area contributed by atoms with Gasteiger partial charge in [0.25, 0.3) is 10.1 Å². The summed E-state index contributed by atoms with van der Waals surface area (Å²) in [5, 5.41) is 21.6. The van der Waals surface area contributed by atoms with Crippen molar-refractivity contribution in [3.63, 3.8) is 0 Å². The molecule has 244 valence electrons. The lowest BCUT2D eigenvalue weighted by Gasteiger charge is -2.29. The van der Waals surface area contributed by atoms with Crippen LogP contribution in [0.5, 0.6) is 0 Å². The molecule has 0 bridgehead atoms. The zero-order chi connectivity index (χ0) is 33.2. The van der Waals surface area contributed by atoms with Crippen molar-refractivity contribution in [2.24, 2.45) is 5.92 Å². The van der Waals surface area contributed by atoms with Gasteiger partial charge in [0.15, 0.2) is 0 Å². The highest BCUT2D eigenvalue weighted by Crippen LogP contribution is 2.09. The van der Waals surface area contributed by atoms with Crippen LogP contribution in [0.4, 0.5) is 0 Å². The quantitative estimate of drug-likeness (QED) is 0.0987. The number of ether oxygens (including phenoxy) is 1. The SMILES string of the molecule is CC(C)C(NC(=O)Cc1ccccc1)C(=O)NC(CS(=O)(=O)O)C(=O)NC1C(=O)NC(C(C)O)C(=O)NCCC(=O)OC1C. The van der Waals surface area contributed by atoms with Gasteiger partial charge in [-0.05, 0) is 25.3 Å². The van der Waals surface area contributed by atoms with Crippen LogP contribution in [-0.4, -0.2) is 102 Å². The molecule has 16 nitrogen and oxygen atoms in total. The maximum absolute atomic E-state index is 13.3. The molecule has 1 aromatic carbocycles. The van der Waals surface area contributed by atoms with Crippen LogP contribution in [0.2, 0.25) is 0 Å². The maximum Gasteiger partial charge on any atom is 0.307 e. The van der Waals surface area contributed by atoms with Crippen molar-refractivity contribution in [3.05, 3.63) is 35.9 Å². The number of hydrogen-bond donors (Lipinski definition) is 7. The molecule has 6 unspecified atom stereocenters. The molecule has 1 fully saturated rings. The molecular formula is C27H39N5O11S. The molecule has 2 rings (SSSR count). The lowest BCUT2D eigenvalue weighted by Crippen LogP contribution is -2.63. The van der Waals surface area contributed by atoms with E-state index < -0.39 is 93.7 Å². The Hall–Kier alpha value is -4.09. The van der Waals surface area contributed by atoms with Crippen molar-refractivity contribution in [1.29, 1.82) is 0 Å². The summed E-state index contributed by atoms with van der Waals surface area (Å²) >= 11 is 0. The number of aliphatic hydroxyl groups is 1. The van der Waals surface area contributed by atoms with Crippen LogP contribution >= 0.6 is 0 Å². The fourth-order valence-corrected chi connectivity index (χ4v) is 4.88. The summed E-state index contributed by atoms with van der Waals surface area (Å²) in [5.74, 6) is -7.32. The summed E-state index contributed by atoms with van der Waals surface area (Å²) in [6.07, 6.45) is -3.12. The average Bonchev–Trinajstić information content (AvgIpc) is 2.92. The molecule has 1 heterocycles. The predicted octanol–water partition coefficient (Wildman–Crippen LogP) is -2.46. The van der Waals surface area contributed by atoms with Crippen LogP contribution in [0, 0.1) is 5.92 Å². The van der Waals surface area contributed by atoms with Gasteiger partial charge in [-0.25, -0.2) is 0 Å². The van der Waals surface area contributed by atoms with Crippen LogP contribution < -0.4 is 26.6 Å². The molecule has 1 aliphatic heterocycles. The number of esters is 1. The number of amides is 5. The Balaban J connectivity index is 2.30. The first kappa shape index (κ1) is 36.1. The van der Waals surface area contributed by atoms with Gasteiger partial charge in [0.2, 0.25) is 29.5 Å². The lowest BCUT2D eigenvalue weighted by molar-refractivity contribution is -0.152. The summed E-state index contributed by atoms with van der Waals surface area (Å²) in [6.45, 7) is 5.51. The van der Waals surface area contributed by atoms with E-state index in [0.717, 1.165) is 0 Å². The topological polar surface area (TPSA) is 246 Å². The van der Waals surface area contributed by atoms with E-state index in [1.54, 1.807) is 44.2 Å². The molecule has 0 radical (unpaired) electrons. The second-order valence-electron chi connectivity index (χ2n) is 10.7. The van der Waals surface area contributed by atoms with Gasteiger partial charge in [-0.3, -0.25) is 33.3 Å². The fraction of sp³-hybridized carbons (Fsp3) is 0.556. The maximum atomic E-state index is 13.3. The van der Waals surface area contributed by atoms with Crippen molar-refractivity contribution in [2.75, 3.05) is 12.3 Å². The minimum absolute atomic E-state index is 0.0643. The van der Waals surface area contributed by atoms with E-state index in [0.29, 0.717) is 5.56 Å². The number of rotatable bonds is 11. The summed E-state index contributed by atoms with van der Waals surface area (Å²) in [5.41, 5.74) is 0.668. The van der Waals surface area contributed by atoms with Gasteiger partial charge in [-0.15, -0.1) is 0 Å². The molecule has 7 N–H and O–H groups in total. The van der Waals surface area contributed by atoms with Crippen LogP contribution in [0.1, 0.15) is 39.7 Å². The zero-order valence-electron chi connectivity index (χ0n) is 24.7. The summed E-state index contributed by atoms with van der Waals surface area (Å²) in [7, 11) is -4.89. The van der Waals surface area contributed by atoms with E-state index in [1.807, 2.05) is 0 Å². The fourth-order valence-electron chi connectivity index (χ4n) is 4.23. The number of aliphatic hydroxyl groups excluding tert-OH is 1. The molecule has 0 spiro atoms. The van der Waals surface area contributed by atoms with E-state index >= 15 is 0 Å². The third-order valence-corrected chi connectivity index (χ3v) is 7.30. The van der Waals surface area contributed by atoms with E-state index in [2.05, 4.69) is 26.6 Å². The first-order valence-corrected chi connectivity index (χ1v) is 15.4. The Kier molecular flexibility index (Phi) is 13.2. The first-order chi connectivity index (χ1) is 20.5. The van der Waals surface area contributed by atoms with Gasteiger partial charge in [-0.1, -0.05) is 44.2 Å². The molecule has 1 aliphatic rings. The molecule has 6 atom stereocenters. The van der Waals surface area contributed by atoms with Gasteiger partial charge in [0.05, 0.1) is 18.9 Å². The Labute approximate surface area is 254 Å². The highest BCUT2D eigenvalue weighted by molar-refractivity contribution is 7.85. The van der Waals surface area contributed by atoms with Crippen LogP contribution in [0.25, 0.3) is 0 Å². The minimum Gasteiger partial charge on any atom is -0.460 e. The highest BCUT2D eigenvalue weighted by Gasteiger charge is 2.38. The van der Waals surface area contributed by atoms with Gasteiger partial charge < -0.3 is 36.4 Å². The van der Waals surface area contributed by atoms with Crippen LogP contribution in [0.15, 0.2) is 30.3 Å². The molecule has 0 aromatic heterocycles. The van der Waals surface area contributed by atoms with Crippen molar-refractivity contribution in [2.45, 2.75) is 76.9 Å². The normalized spacial score (nSPS) is 21.8. The predicted molar refractivity (Wildman–Crippen MR) is 154 cm³/mol. The molecule has 0 saturated carbocycles. The Morgan fingerprint density at radius 1 is 1.02 bits per heavy atom. The van der Waals surface area contributed by atoms with Crippen molar-refractivity contribution < 1.29 is 51.6 Å². The van der Waals surface area contributed by atoms with Gasteiger partial charge >= 0.3 is 5.97 Å². The van der Waals surface area contributed by atoms with Crippen molar-refractivity contribution in [3.8, 4) is 0 Å². The first-order valence-electron chi connectivity index (χ1n) is 13.8. The zero-order valence-corrected chi connectivity index (χ0v) is 25.6. The number of cyclic esters (lactones) is 1. The number of carbonyl (C=O) groups excluding carboxylic acids is 6. The number of hydrogen-bond acceptors (Lipinski definition) is 10. The van der Waals surface area contributed by atoms with Crippen molar-refractivity contribution in [1.82, 2.24) is 26.6 Å². The van der Waals surface area contributed by atoms with Gasteiger partial charge in [-0.2, -0.15) is 8.42 Å². The second kappa shape index (κ2) is 16.1.